The molecule has 2 aromatic carbocycles. The Morgan fingerprint density at radius 2 is 1.31 bits per heavy atom. The van der Waals surface area contributed by atoms with Crippen molar-refractivity contribution < 1.29 is 28.6 Å². The Balaban J connectivity index is 1.97. The number of esters is 1. The lowest BCUT2D eigenvalue weighted by molar-refractivity contribution is -0.145. The first-order valence-electron chi connectivity index (χ1n) is 9.14. The maximum Gasteiger partial charge on any atom is 0.329 e. The van der Waals surface area contributed by atoms with E-state index in [-0.39, 0.29) is 11.7 Å². The van der Waals surface area contributed by atoms with Gasteiger partial charge in [-0.25, -0.2) is 4.79 Å². The molecule has 0 bridgehead atoms. The van der Waals surface area contributed by atoms with Crippen LogP contribution in [0.1, 0.15) is 34.6 Å². The van der Waals surface area contributed by atoms with Gasteiger partial charge in [0.05, 0.1) is 14.2 Å². The summed E-state index contributed by atoms with van der Waals surface area (Å²) in [5.74, 6) is -0.391. The number of benzene rings is 2. The van der Waals surface area contributed by atoms with Gasteiger partial charge in [-0.3, -0.25) is 9.59 Å². The van der Waals surface area contributed by atoms with Crippen molar-refractivity contribution in [2.24, 2.45) is 5.92 Å². The van der Waals surface area contributed by atoms with Crippen molar-refractivity contribution in [3.63, 3.8) is 0 Å². The summed E-state index contributed by atoms with van der Waals surface area (Å²) < 4.78 is 15.3. The van der Waals surface area contributed by atoms with Crippen LogP contribution in [0.15, 0.2) is 48.5 Å². The van der Waals surface area contributed by atoms with Gasteiger partial charge < -0.3 is 19.5 Å². The van der Waals surface area contributed by atoms with Crippen LogP contribution in [0.2, 0.25) is 0 Å². The highest BCUT2D eigenvalue weighted by Crippen LogP contribution is 2.14. The van der Waals surface area contributed by atoms with E-state index in [0.29, 0.717) is 22.6 Å². The van der Waals surface area contributed by atoms with E-state index < -0.39 is 24.5 Å². The molecule has 0 saturated heterocycles. The molecular weight excluding hydrogens is 374 g/mol. The molecule has 7 nitrogen and oxygen atoms in total. The highest BCUT2D eigenvalue weighted by molar-refractivity contribution is 5.99. The Morgan fingerprint density at radius 3 is 1.76 bits per heavy atom. The number of amides is 1. The summed E-state index contributed by atoms with van der Waals surface area (Å²) in [5.41, 5.74) is 0.792. The number of methoxy groups -OCH3 is 2. The second-order valence-corrected chi connectivity index (χ2v) is 6.68. The second kappa shape index (κ2) is 10.3. The maximum atomic E-state index is 12.5. The van der Waals surface area contributed by atoms with Gasteiger partial charge in [0.25, 0.3) is 5.91 Å². The van der Waals surface area contributed by atoms with Gasteiger partial charge >= 0.3 is 5.97 Å². The molecule has 0 saturated carbocycles. The standard InChI is InChI=1S/C22H25NO6/c1-14(2)20(23-21(25)16-7-11-18(28-4)12-8-16)22(26)29-13-19(24)15-5-9-17(27-3)10-6-15/h5-12,14,20H,13H2,1-4H3,(H,23,25)/t20-/m0/s1. The van der Waals surface area contributed by atoms with Crippen LogP contribution in [0.5, 0.6) is 11.5 Å². The SMILES string of the molecule is COc1ccc(C(=O)COC(=O)[C@@H](NC(=O)c2ccc(OC)cc2)C(C)C)cc1. The van der Waals surface area contributed by atoms with Crippen LogP contribution in [0.25, 0.3) is 0 Å². The smallest absolute Gasteiger partial charge is 0.329 e. The Hall–Kier alpha value is -3.35. The molecule has 0 heterocycles. The average molecular weight is 399 g/mol. The van der Waals surface area contributed by atoms with Gasteiger partial charge in [-0.15, -0.1) is 0 Å². The van der Waals surface area contributed by atoms with E-state index in [1.165, 1.54) is 14.2 Å². The molecule has 29 heavy (non-hydrogen) atoms. The summed E-state index contributed by atoms with van der Waals surface area (Å²) in [4.78, 5) is 37.1. The zero-order valence-corrected chi connectivity index (χ0v) is 16.9. The van der Waals surface area contributed by atoms with Crippen LogP contribution < -0.4 is 14.8 Å². The number of hydrogen-bond donors (Lipinski definition) is 1. The van der Waals surface area contributed by atoms with Gasteiger partial charge in [-0.2, -0.15) is 0 Å². The van der Waals surface area contributed by atoms with Crippen LogP contribution in [0.3, 0.4) is 0 Å². The largest absolute Gasteiger partial charge is 0.497 e. The lowest BCUT2D eigenvalue weighted by Crippen LogP contribution is -2.45. The molecular formula is C22H25NO6. The molecule has 0 fully saturated rings. The third-order valence-corrected chi connectivity index (χ3v) is 4.32. The number of Topliss-reactive ketones (excluding diaryl/α,β-unsaturated/α-hetero) is 1. The summed E-state index contributed by atoms with van der Waals surface area (Å²) in [5, 5.41) is 2.67. The number of nitrogens with one attached hydrogen (secondary N) is 1. The maximum absolute atomic E-state index is 12.5. The van der Waals surface area contributed by atoms with Crippen molar-refractivity contribution in [2.75, 3.05) is 20.8 Å². The van der Waals surface area contributed by atoms with Crippen molar-refractivity contribution in [2.45, 2.75) is 19.9 Å². The van der Waals surface area contributed by atoms with E-state index in [2.05, 4.69) is 5.32 Å². The molecule has 1 N–H and O–H groups in total. The fourth-order valence-corrected chi connectivity index (χ4v) is 2.55. The Bertz CT molecular complexity index is 843. The third-order valence-electron chi connectivity index (χ3n) is 4.32. The lowest BCUT2D eigenvalue weighted by Gasteiger charge is -2.20. The highest BCUT2D eigenvalue weighted by Gasteiger charge is 2.27. The van der Waals surface area contributed by atoms with E-state index in [1.807, 2.05) is 0 Å². The number of carbonyl (C=O) groups is 3. The number of rotatable bonds is 9. The molecule has 1 amide bonds. The second-order valence-electron chi connectivity index (χ2n) is 6.68. The number of ether oxygens (including phenoxy) is 3. The molecule has 7 heteroatoms. The number of carbonyl (C=O) groups excluding carboxylic acids is 3. The van der Waals surface area contributed by atoms with E-state index in [1.54, 1.807) is 62.4 Å². The molecule has 1 atom stereocenters. The normalized spacial score (nSPS) is 11.5. The van der Waals surface area contributed by atoms with Gasteiger partial charge in [0, 0.05) is 11.1 Å². The minimum atomic E-state index is -0.881. The molecule has 0 aromatic heterocycles. The molecule has 154 valence electrons. The number of ketones is 1. The van der Waals surface area contributed by atoms with Crippen LogP contribution in [0.4, 0.5) is 0 Å². The fourth-order valence-electron chi connectivity index (χ4n) is 2.55. The summed E-state index contributed by atoms with van der Waals surface area (Å²) in [6.07, 6.45) is 0. The lowest BCUT2D eigenvalue weighted by atomic mass is 10.0. The molecule has 2 rings (SSSR count). The van der Waals surface area contributed by atoms with Crippen molar-refractivity contribution in [1.29, 1.82) is 0 Å². The minimum Gasteiger partial charge on any atom is -0.497 e. The Kier molecular flexibility index (Phi) is 7.77. The molecule has 0 aliphatic rings. The zero-order chi connectivity index (χ0) is 21.4. The zero-order valence-electron chi connectivity index (χ0n) is 16.9. The highest BCUT2D eigenvalue weighted by atomic mass is 16.5. The molecule has 0 aliphatic heterocycles. The van der Waals surface area contributed by atoms with Crippen molar-refractivity contribution >= 4 is 17.7 Å². The summed E-state index contributed by atoms with van der Waals surface area (Å²) in [7, 11) is 3.07. The minimum absolute atomic E-state index is 0.221. The predicted molar refractivity (Wildman–Crippen MR) is 107 cm³/mol. The molecule has 0 unspecified atom stereocenters. The number of hydrogen-bond acceptors (Lipinski definition) is 6. The quantitative estimate of drug-likeness (QED) is 0.515. The van der Waals surface area contributed by atoms with Crippen molar-refractivity contribution in [1.82, 2.24) is 5.32 Å². The van der Waals surface area contributed by atoms with Crippen LogP contribution in [-0.2, 0) is 9.53 Å². The van der Waals surface area contributed by atoms with Crippen LogP contribution in [-0.4, -0.2) is 44.5 Å². The first-order valence-corrected chi connectivity index (χ1v) is 9.14. The predicted octanol–water partition coefficient (Wildman–Crippen LogP) is 2.88. The Morgan fingerprint density at radius 1 is 0.828 bits per heavy atom. The fraction of sp³-hybridized carbons (Fsp3) is 0.318. The van der Waals surface area contributed by atoms with E-state index in [0.717, 1.165) is 0 Å². The van der Waals surface area contributed by atoms with E-state index in [4.69, 9.17) is 14.2 Å². The van der Waals surface area contributed by atoms with Gasteiger partial charge in [-0.05, 0) is 54.4 Å². The first-order chi connectivity index (χ1) is 13.8. The van der Waals surface area contributed by atoms with Crippen molar-refractivity contribution in [3.8, 4) is 11.5 Å². The van der Waals surface area contributed by atoms with Gasteiger partial charge in [0.2, 0.25) is 0 Å². The first kappa shape index (κ1) is 21.9. The average Bonchev–Trinajstić information content (AvgIpc) is 2.75. The van der Waals surface area contributed by atoms with Gasteiger partial charge in [-0.1, -0.05) is 13.8 Å². The van der Waals surface area contributed by atoms with E-state index in [9.17, 15) is 14.4 Å². The van der Waals surface area contributed by atoms with E-state index >= 15 is 0 Å². The third kappa shape index (κ3) is 6.07. The summed E-state index contributed by atoms with van der Waals surface area (Å²) in [6, 6.07) is 12.1. The van der Waals surface area contributed by atoms with Crippen LogP contribution in [0, 0.1) is 5.92 Å². The summed E-state index contributed by atoms with van der Waals surface area (Å²) >= 11 is 0. The molecule has 2 aromatic rings. The van der Waals surface area contributed by atoms with Gasteiger partial charge in [0.1, 0.15) is 17.5 Å². The molecule has 0 aliphatic carbocycles. The monoisotopic (exact) mass is 399 g/mol. The van der Waals surface area contributed by atoms with Gasteiger partial charge in [0.15, 0.2) is 12.4 Å². The van der Waals surface area contributed by atoms with Crippen molar-refractivity contribution in [3.05, 3.63) is 59.7 Å². The molecule has 0 radical (unpaired) electrons. The summed E-state index contributed by atoms with van der Waals surface area (Å²) in [6.45, 7) is 3.16. The molecule has 0 spiro atoms. The Labute approximate surface area is 170 Å². The topological polar surface area (TPSA) is 90.9 Å². The van der Waals surface area contributed by atoms with Crippen LogP contribution >= 0.6 is 0 Å².